The van der Waals surface area contributed by atoms with Gasteiger partial charge in [-0.25, -0.2) is 4.68 Å². The highest BCUT2D eigenvalue weighted by molar-refractivity contribution is 5.60. The third-order valence-corrected chi connectivity index (χ3v) is 3.17. The molecule has 0 amide bonds. The number of benzene rings is 1. The second-order valence-corrected chi connectivity index (χ2v) is 4.87. The molecule has 0 spiro atoms. The van der Waals surface area contributed by atoms with Gasteiger partial charge < -0.3 is 10.5 Å². The zero-order chi connectivity index (χ0) is 13.1. The predicted octanol–water partition coefficient (Wildman–Crippen LogP) is 1.35. The maximum absolute atomic E-state index is 5.77. The first-order valence-corrected chi connectivity index (χ1v) is 6.53. The van der Waals surface area contributed by atoms with E-state index in [4.69, 9.17) is 10.5 Å². The van der Waals surface area contributed by atoms with E-state index < -0.39 is 0 Å². The summed E-state index contributed by atoms with van der Waals surface area (Å²) >= 11 is 0. The van der Waals surface area contributed by atoms with Gasteiger partial charge in [-0.05, 0) is 41.3 Å². The summed E-state index contributed by atoms with van der Waals surface area (Å²) in [5, 5.41) is 11.8. The topological polar surface area (TPSA) is 78.9 Å². The molecule has 6 nitrogen and oxygen atoms in total. The average Bonchev–Trinajstić information content (AvgIpc) is 3.11. The molecule has 1 aromatic heterocycles. The van der Waals surface area contributed by atoms with Crippen LogP contribution in [0.3, 0.4) is 0 Å². The second kappa shape index (κ2) is 5.36. The van der Waals surface area contributed by atoms with E-state index in [0.29, 0.717) is 18.8 Å². The van der Waals surface area contributed by atoms with Crippen LogP contribution in [0.1, 0.15) is 12.8 Å². The molecule has 0 atom stereocenters. The number of ether oxygens (including phenoxy) is 1. The Labute approximate surface area is 111 Å². The van der Waals surface area contributed by atoms with E-state index in [-0.39, 0.29) is 0 Å². The maximum Gasteiger partial charge on any atom is 0.182 e. The molecule has 2 aromatic rings. The number of nitrogen functional groups attached to an aromatic ring is 1. The van der Waals surface area contributed by atoms with E-state index in [1.165, 1.54) is 12.8 Å². The molecule has 1 saturated carbocycles. The molecule has 6 heteroatoms. The Kier molecular flexibility index (Phi) is 3.41. The number of nitrogens with two attached hydrogens (primary N) is 1. The van der Waals surface area contributed by atoms with Gasteiger partial charge in [-0.1, -0.05) is 12.1 Å². The molecule has 100 valence electrons. The molecule has 0 unspecified atom stereocenters. The summed E-state index contributed by atoms with van der Waals surface area (Å²) in [4.78, 5) is 0. The number of tetrazole rings is 1. The summed E-state index contributed by atoms with van der Waals surface area (Å²) in [6.07, 6.45) is 2.61. The van der Waals surface area contributed by atoms with Crippen molar-refractivity contribution in [2.24, 2.45) is 5.92 Å². The normalized spacial score (nSPS) is 14.7. The predicted molar refractivity (Wildman–Crippen MR) is 71.2 cm³/mol. The van der Waals surface area contributed by atoms with Gasteiger partial charge in [-0.15, -0.1) is 5.10 Å². The molecule has 1 aliphatic carbocycles. The molecule has 2 N–H and O–H groups in total. The van der Waals surface area contributed by atoms with E-state index in [9.17, 15) is 0 Å². The molecule has 1 fully saturated rings. The van der Waals surface area contributed by atoms with Crippen molar-refractivity contribution in [1.82, 2.24) is 20.2 Å². The first kappa shape index (κ1) is 12.1. The van der Waals surface area contributed by atoms with Crippen LogP contribution in [0.4, 0.5) is 5.69 Å². The van der Waals surface area contributed by atoms with Gasteiger partial charge in [0.15, 0.2) is 5.82 Å². The highest BCUT2D eigenvalue weighted by Gasteiger charge is 2.21. The monoisotopic (exact) mass is 259 g/mol. The van der Waals surface area contributed by atoms with Gasteiger partial charge in [-0.3, -0.25) is 0 Å². The maximum atomic E-state index is 5.77. The first-order valence-electron chi connectivity index (χ1n) is 6.53. The number of rotatable bonds is 6. The van der Waals surface area contributed by atoms with Crippen molar-refractivity contribution >= 4 is 5.69 Å². The minimum atomic E-state index is 0.636. The molecule has 1 aromatic carbocycles. The quantitative estimate of drug-likeness (QED) is 0.625. The molecule has 19 heavy (non-hydrogen) atoms. The van der Waals surface area contributed by atoms with Gasteiger partial charge in [0.2, 0.25) is 0 Å². The Morgan fingerprint density at radius 2 is 2.26 bits per heavy atom. The van der Waals surface area contributed by atoms with Crippen molar-refractivity contribution in [2.75, 3.05) is 18.9 Å². The van der Waals surface area contributed by atoms with E-state index in [1.807, 2.05) is 24.3 Å². The largest absolute Gasteiger partial charge is 0.399 e. The summed E-state index contributed by atoms with van der Waals surface area (Å²) in [7, 11) is 0. The van der Waals surface area contributed by atoms with Crippen LogP contribution in [0.2, 0.25) is 0 Å². The van der Waals surface area contributed by atoms with Crippen molar-refractivity contribution in [3.05, 3.63) is 24.3 Å². The van der Waals surface area contributed by atoms with Gasteiger partial charge in [0, 0.05) is 17.9 Å². The summed E-state index contributed by atoms with van der Waals surface area (Å²) in [5.74, 6) is 1.50. The zero-order valence-corrected chi connectivity index (χ0v) is 10.7. The Hall–Kier alpha value is -1.95. The third kappa shape index (κ3) is 3.08. The van der Waals surface area contributed by atoms with Gasteiger partial charge in [0.25, 0.3) is 0 Å². The van der Waals surface area contributed by atoms with Crippen LogP contribution in [0.15, 0.2) is 24.3 Å². The van der Waals surface area contributed by atoms with Crippen LogP contribution in [0.25, 0.3) is 11.4 Å². The summed E-state index contributed by atoms with van der Waals surface area (Å²) < 4.78 is 7.36. The van der Waals surface area contributed by atoms with Crippen LogP contribution in [0, 0.1) is 5.92 Å². The molecule has 0 aliphatic heterocycles. The minimum absolute atomic E-state index is 0.636. The Bertz CT molecular complexity index is 549. The van der Waals surface area contributed by atoms with Crippen molar-refractivity contribution in [3.63, 3.8) is 0 Å². The lowest BCUT2D eigenvalue weighted by Crippen LogP contribution is -2.10. The molecule has 0 bridgehead atoms. The van der Waals surface area contributed by atoms with Crippen molar-refractivity contribution in [1.29, 1.82) is 0 Å². The fourth-order valence-electron chi connectivity index (χ4n) is 1.93. The lowest BCUT2D eigenvalue weighted by molar-refractivity contribution is 0.114. The van der Waals surface area contributed by atoms with E-state index in [1.54, 1.807) is 4.68 Å². The van der Waals surface area contributed by atoms with Crippen molar-refractivity contribution in [3.8, 4) is 11.4 Å². The van der Waals surface area contributed by atoms with Gasteiger partial charge in [0.05, 0.1) is 13.2 Å². The first-order chi connectivity index (χ1) is 9.33. The molecular formula is C13H17N5O. The van der Waals surface area contributed by atoms with Gasteiger partial charge >= 0.3 is 0 Å². The summed E-state index contributed by atoms with van der Waals surface area (Å²) in [5.41, 5.74) is 7.40. The van der Waals surface area contributed by atoms with Gasteiger partial charge in [0.1, 0.15) is 0 Å². The van der Waals surface area contributed by atoms with Crippen molar-refractivity contribution in [2.45, 2.75) is 19.4 Å². The zero-order valence-electron chi connectivity index (χ0n) is 10.7. The average molecular weight is 259 g/mol. The number of hydrogen-bond acceptors (Lipinski definition) is 5. The number of anilines is 1. The SMILES string of the molecule is Nc1cccc(-c2nnnn2CCOCC2CC2)c1. The highest BCUT2D eigenvalue weighted by atomic mass is 16.5. The number of aromatic nitrogens is 4. The van der Waals surface area contributed by atoms with Gasteiger partial charge in [-0.2, -0.15) is 0 Å². The summed E-state index contributed by atoms with van der Waals surface area (Å²) in [6.45, 7) is 2.15. The Morgan fingerprint density at radius 1 is 1.37 bits per heavy atom. The minimum Gasteiger partial charge on any atom is -0.399 e. The standard InChI is InChI=1S/C13H17N5O/c14-12-3-1-2-11(8-12)13-15-16-17-18(13)6-7-19-9-10-4-5-10/h1-3,8,10H,4-7,9,14H2. The molecular weight excluding hydrogens is 242 g/mol. The van der Waals surface area contributed by atoms with Crippen LogP contribution in [0.5, 0.6) is 0 Å². The molecule has 0 saturated heterocycles. The number of hydrogen-bond donors (Lipinski definition) is 1. The van der Waals surface area contributed by atoms with Crippen LogP contribution in [-0.4, -0.2) is 33.4 Å². The molecule has 1 heterocycles. The van der Waals surface area contributed by atoms with Crippen LogP contribution < -0.4 is 5.73 Å². The fourth-order valence-corrected chi connectivity index (χ4v) is 1.93. The van der Waals surface area contributed by atoms with Crippen LogP contribution >= 0.6 is 0 Å². The van der Waals surface area contributed by atoms with Crippen molar-refractivity contribution < 1.29 is 4.74 Å². The third-order valence-electron chi connectivity index (χ3n) is 3.17. The Balaban J connectivity index is 1.63. The molecule has 1 aliphatic rings. The number of nitrogens with zero attached hydrogens (tertiary/aromatic N) is 4. The molecule has 3 rings (SSSR count). The highest BCUT2D eigenvalue weighted by Crippen LogP contribution is 2.28. The fraction of sp³-hybridized carbons (Fsp3) is 0.462. The van der Waals surface area contributed by atoms with E-state index >= 15 is 0 Å². The van der Waals surface area contributed by atoms with Crippen LogP contribution in [-0.2, 0) is 11.3 Å². The lowest BCUT2D eigenvalue weighted by Gasteiger charge is -2.06. The van der Waals surface area contributed by atoms with E-state index in [2.05, 4.69) is 15.5 Å². The summed E-state index contributed by atoms with van der Waals surface area (Å²) in [6, 6.07) is 7.56. The molecule has 0 radical (unpaired) electrons. The Morgan fingerprint density at radius 3 is 3.05 bits per heavy atom. The smallest absolute Gasteiger partial charge is 0.182 e. The lowest BCUT2D eigenvalue weighted by atomic mass is 10.2. The van der Waals surface area contributed by atoms with E-state index in [0.717, 1.165) is 23.9 Å². The second-order valence-electron chi connectivity index (χ2n) is 4.87.